The first-order chi connectivity index (χ1) is 36.5. The lowest BCUT2D eigenvalue weighted by atomic mass is 9.96. The Morgan fingerprint density at radius 1 is 0.419 bits per heavy atom. The first-order valence-corrected chi connectivity index (χ1v) is 28.4. The minimum Gasteiger partial charge on any atom is -0.492 e. The van der Waals surface area contributed by atoms with E-state index in [1.54, 1.807) is 0 Å². The molecule has 0 aliphatic rings. The van der Waals surface area contributed by atoms with E-state index in [1.165, 1.54) is 103 Å². The van der Waals surface area contributed by atoms with Gasteiger partial charge in [0.1, 0.15) is 11.5 Å². The summed E-state index contributed by atoms with van der Waals surface area (Å²) in [5.74, 6) is 3.69. The molecule has 6 rings (SSSR count). The first-order valence-electron chi connectivity index (χ1n) is 28.4. The van der Waals surface area contributed by atoms with Crippen molar-refractivity contribution in [2.24, 2.45) is 0 Å². The van der Waals surface area contributed by atoms with Crippen molar-refractivity contribution in [3.05, 3.63) is 107 Å². The standard InChI is InChI=1S/C64H82N6O4/c1-5-9-13-17-19-21-25-29-59-67-69-63(73-59)51-35-31-49(32-36-51)55(47-65)45-53-39-41-58-57(61(53)71-43-27-23-15-11-7-3)42-40-54(62(58)72-44-28-24-16-12-8-4)46-56(48-66)50-33-37-52(38-34-50)64-70-68-60(74-64)30-26-22-20-18-14-10-6-2/h31-42,45-46H,5-30,43-44H2,1-4H3/b55-45+,56-46+. The van der Waals surface area contributed by atoms with Crippen molar-refractivity contribution in [3.8, 4) is 46.5 Å². The summed E-state index contributed by atoms with van der Waals surface area (Å²) in [4.78, 5) is 0. The Hall–Kier alpha value is -6.52. The van der Waals surface area contributed by atoms with Gasteiger partial charge in [-0.25, -0.2) is 0 Å². The highest BCUT2D eigenvalue weighted by molar-refractivity contribution is 6.02. The Balaban J connectivity index is 1.26. The van der Waals surface area contributed by atoms with Crippen LogP contribution in [0.4, 0.5) is 0 Å². The van der Waals surface area contributed by atoms with E-state index in [0.29, 0.717) is 59.4 Å². The third kappa shape index (κ3) is 17.9. The van der Waals surface area contributed by atoms with Gasteiger partial charge in [-0.3, -0.25) is 0 Å². The largest absolute Gasteiger partial charge is 0.492 e. The average Bonchev–Trinajstić information content (AvgIpc) is 4.12. The van der Waals surface area contributed by atoms with Crippen molar-refractivity contribution in [1.82, 2.24) is 20.4 Å². The molecule has 0 fully saturated rings. The zero-order valence-electron chi connectivity index (χ0n) is 45.2. The number of unbranched alkanes of at least 4 members (excludes halogenated alkanes) is 20. The number of ether oxygens (including phenoxy) is 2. The minimum absolute atomic E-state index is 0.483. The predicted molar refractivity (Wildman–Crippen MR) is 302 cm³/mol. The molecule has 0 N–H and O–H groups in total. The van der Waals surface area contributed by atoms with Crippen LogP contribution >= 0.6 is 0 Å². The van der Waals surface area contributed by atoms with Crippen molar-refractivity contribution < 1.29 is 18.3 Å². The van der Waals surface area contributed by atoms with Gasteiger partial charge in [0.2, 0.25) is 23.6 Å². The molecule has 0 aliphatic carbocycles. The number of allylic oxidation sites excluding steroid dienone is 2. The van der Waals surface area contributed by atoms with Crippen LogP contribution in [0.5, 0.6) is 11.5 Å². The zero-order valence-corrected chi connectivity index (χ0v) is 45.2. The molecule has 0 spiro atoms. The SMILES string of the molecule is CCCCCCCCCc1nnc(-c2ccc(/C(C#N)=C/c3ccc4c(OCCCCCCC)c(/C=C(\C#N)c5ccc(-c6nnc(CCCCCCCCC)o6)cc5)ccc4c3OCCCCCCC)cc2)o1. The van der Waals surface area contributed by atoms with Crippen molar-refractivity contribution >= 4 is 34.1 Å². The number of nitrogens with zero attached hydrogens (tertiary/aromatic N) is 6. The molecule has 4 aromatic carbocycles. The van der Waals surface area contributed by atoms with Crippen molar-refractivity contribution in [2.45, 2.75) is 195 Å². The van der Waals surface area contributed by atoms with Crippen LogP contribution < -0.4 is 9.47 Å². The number of hydrogen-bond donors (Lipinski definition) is 0. The highest BCUT2D eigenvalue weighted by Gasteiger charge is 2.18. The average molecular weight is 999 g/mol. The van der Waals surface area contributed by atoms with Crippen LogP contribution in [0.3, 0.4) is 0 Å². The van der Waals surface area contributed by atoms with E-state index in [4.69, 9.17) is 18.3 Å². The molecule has 74 heavy (non-hydrogen) atoms. The fourth-order valence-electron chi connectivity index (χ4n) is 9.36. The molecule has 2 heterocycles. The summed E-state index contributed by atoms with van der Waals surface area (Å²) >= 11 is 0. The number of nitriles is 2. The summed E-state index contributed by atoms with van der Waals surface area (Å²) < 4.78 is 25.6. The highest BCUT2D eigenvalue weighted by atomic mass is 16.5. The topological polar surface area (TPSA) is 144 Å². The van der Waals surface area contributed by atoms with Gasteiger partial charge in [0.05, 0.1) is 36.5 Å². The molecule has 392 valence electrons. The number of fused-ring (bicyclic) bond motifs is 1. The summed E-state index contributed by atoms with van der Waals surface area (Å²) in [6.45, 7) is 10.0. The van der Waals surface area contributed by atoms with Crippen LogP contribution in [-0.4, -0.2) is 33.6 Å². The van der Waals surface area contributed by atoms with Gasteiger partial charge in [0.15, 0.2) is 0 Å². The van der Waals surface area contributed by atoms with Crippen molar-refractivity contribution in [2.75, 3.05) is 13.2 Å². The van der Waals surface area contributed by atoms with E-state index >= 15 is 0 Å². The molecule has 0 aliphatic heterocycles. The molecular formula is C64H82N6O4. The van der Waals surface area contributed by atoms with Gasteiger partial charge < -0.3 is 18.3 Å². The number of aryl methyl sites for hydroxylation is 2. The van der Waals surface area contributed by atoms with Crippen LogP contribution in [0.15, 0.2) is 81.6 Å². The Morgan fingerprint density at radius 2 is 0.757 bits per heavy atom. The van der Waals surface area contributed by atoms with Crippen LogP contribution in [0.25, 0.3) is 57.0 Å². The van der Waals surface area contributed by atoms with Gasteiger partial charge in [-0.2, -0.15) is 10.5 Å². The van der Waals surface area contributed by atoms with E-state index in [1.807, 2.05) is 72.8 Å². The maximum absolute atomic E-state index is 10.6. The van der Waals surface area contributed by atoms with Gasteiger partial charge in [-0.15, -0.1) is 20.4 Å². The minimum atomic E-state index is 0.483. The molecule has 0 bridgehead atoms. The maximum atomic E-state index is 10.6. The zero-order chi connectivity index (χ0) is 52.0. The van der Waals surface area contributed by atoms with Gasteiger partial charge in [-0.05, 0) is 85.4 Å². The second-order valence-corrected chi connectivity index (χ2v) is 19.8. The van der Waals surface area contributed by atoms with E-state index < -0.39 is 0 Å². The number of hydrogen-bond acceptors (Lipinski definition) is 10. The lowest BCUT2D eigenvalue weighted by Crippen LogP contribution is -2.03. The quantitative estimate of drug-likeness (QED) is 0.0212. The summed E-state index contributed by atoms with van der Waals surface area (Å²) in [7, 11) is 0. The summed E-state index contributed by atoms with van der Waals surface area (Å²) in [6.07, 6.45) is 33.6. The monoisotopic (exact) mass is 999 g/mol. The molecule has 0 saturated heterocycles. The molecule has 10 heteroatoms. The smallest absolute Gasteiger partial charge is 0.247 e. The van der Waals surface area contributed by atoms with Crippen LogP contribution in [0, 0.1) is 22.7 Å². The van der Waals surface area contributed by atoms with Crippen LogP contribution in [0.1, 0.15) is 216 Å². The molecule has 10 nitrogen and oxygen atoms in total. The van der Waals surface area contributed by atoms with Gasteiger partial charge in [0, 0.05) is 45.9 Å². The highest BCUT2D eigenvalue weighted by Crippen LogP contribution is 2.41. The number of aromatic nitrogens is 4. The number of rotatable bonds is 36. The summed E-state index contributed by atoms with van der Waals surface area (Å²) in [5, 5.41) is 40.4. The Morgan fingerprint density at radius 3 is 1.11 bits per heavy atom. The third-order valence-electron chi connectivity index (χ3n) is 13.8. The third-order valence-corrected chi connectivity index (χ3v) is 13.8. The molecule has 0 saturated carbocycles. The Labute approximate surface area is 442 Å². The molecule has 2 aromatic heterocycles. The number of benzene rings is 4. The first kappa shape index (κ1) is 56.8. The Bertz CT molecular complexity index is 2530. The van der Waals surface area contributed by atoms with Crippen molar-refractivity contribution in [3.63, 3.8) is 0 Å². The van der Waals surface area contributed by atoms with Crippen molar-refractivity contribution in [1.29, 1.82) is 10.5 Å². The summed E-state index contributed by atoms with van der Waals surface area (Å²) in [6, 6.07) is 28.6. The fraction of sp³-hybridized carbons (Fsp3) is 0.500. The molecule has 6 aromatic rings. The molecule has 0 amide bonds. The molecule has 0 radical (unpaired) electrons. The second kappa shape index (κ2) is 32.6. The van der Waals surface area contributed by atoms with E-state index in [-0.39, 0.29) is 0 Å². The second-order valence-electron chi connectivity index (χ2n) is 19.8. The fourth-order valence-corrected chi connectivity index (χ4v) is 9.36. The molecular weight excluding hydrogens is 917 g/mol. The molecule has 0 unspecified atom stereocenters. The summed E-state index contributed by atoms with van der Waals surface area (Å²) in [5.41, 5.74) is 5.78. The molecule has 0 atom stereocenters. The van der Waals surface area contributed by atoms with Gasteiger partial charge >= 0.3 is 0 Å². The Kier molecular flexibility index (Phi) is 25.0. The van der Waals surface area contributed by atoms with Gasteiger partial charge in [-0.1, -0.05) is 193 Å². The van der Waals surface area contributed by atoms with E-state index in [2.05, 4.69) is 72.4 Å². The predicted octanol–water partition coefficient (Wildman–Crippen LogP) is 18.4. The van der Waals surface area contributed by atoms with Crippen LogP contribution in [-0.2, 0) is 12.8 Å². The van der Waals surface area contributed by atoms with E-state index in [9.17, 15) is 10.5 Å². The van der Waals surface area contributed by atoms with Gasteiger partial charge in [0.25, 0.3) is 0 Å². The van der Waals surface area contributed by atoms with Crippen LogP contribution in [0.2, 0.25) is 0 Å². The lowest BCUT2D eigenvalue weighted by Gasteiger charge is -2.18. The van der Waals surface area contributed by atoms with E-state index in [0.717, 1.165) is 108 Å². The normalized spacial score (nSPS) is 11.8. The lowest BCUT2D eigenvalue weighted by molar-refractivity contribution is 0.304. The maximum Gasteiger partial charge on any atom is 0.247 e.